The third-order valence-corrected chi connectivity index (χ3v) is 5.66. The van der Waals surface area contributed by atoms with Gasteiger partial charge in [-0.15, -0.1) is 0 Å². The van der Waals surface area contributed by atoms with Gasteiger partial charge in [-0.2, -0.15) is 4.31 Å². The van der Waals surface area contributed by atoms with E-state index in [4.69, 9.17) is 4.74 Å². The highest BCUT2D eigenvalue weighted by Crippen LogP contribution is 2.24. The molecule has 1 unspecified atom stereocenters. The van der Waals surface area contributed by atoms with Crippen molar-refractivity contribution in [3.05, 3.63) is 29.3 Å². The number of rotatable bonds is 8. The fraction of sp³-hybridized carbons (Fsp3) is 0.600. The molecule has 0 radical (unpaired) electrons. The van der Waals surface area contributed by atoms with Crippen molar-refractivity contribution < 1.29 is 18.3 Å². The van der Waals surface area contributed by atoms with Gasteiger partial charge in [-0.1, -0.05) is 26.0 Å². The number of benzene rings is 1. The van der Waals surface area contributed by atoms with Gasteiger partial charge in [0.05, 0.1) is 18.1 Å². The smallest absolute Gasteiger partial charge is 0.243 e. The van der Waals surface area contributed by atoms with Crippen molar-refractivity contribution in [2.45, 2.75) is 44.7 Å². The lowest BCUT2D eigenvalue weighted by Gasteiger charge is -2.27. The van der Waals surface area contributed by atoms with E-state index in [0.29, 0.717) is 25.1 Å². The second-order valence-electron chi connectivity index (χ2n) is 4.97. The minimum Gasteiger partial charge on any atom is -0.392 e. The van der Waals surface area contributed by atoms with Gasteiger partial charge in [0, 0.05) is 19.7 Å². The molecule has 1 N–H and O–H groups in total. The maximum absolute atomic E-state index is 12.9. The monoisotopic (exact) mass is 315 g/mol. The minimum absolute atomic E-state index is 0.174. The molecule has 1 rings (SSSR count). The van der Waals surface area contributed by atoms with E-state index in [1.165, 1.54) is 4.31 Å². The number of hydrogen-bond donors (Lipinski definition) is 1. The maximum Gasteiger partial charge on any atom is 0.243 e. The topological polar surface area (TPSA) is 66.8 Å². The number of likely N-dealkylation sites (N-methyl/N-ethyl adjacent to an activating group) is 1. The molecule has 0 spiro atoms. The normalized spacial score (nSPS) is 13.6. The predicted molar refractivity (Wildman–Crippen MR) is 82.6 cm³/mol. The highest BCUT2D eigenvalue weighted by Gasteiger charge is 2.29. The number of ether oxygens (including phenoxy) is 1. The van der Waals surface area contributed by atoms with Crippen molar-refractivity contribution in [3.8, 4) is 0 Å². The standard InChI is InChI=1S/C15H25NO4S/c1-5-14-8-7-13(10-17)9-15(14)21(18,19)16(6-2)12(3)11-20-4/h7-9,12,17H,5-6,10-11H2,1-4H3. The summed E-state index contributed by atoms with van der Waals surface area (Å²) in [7, 11) is -2.05. The first-order valence-corrected chi connectivity index (χ1v) is 8.59. The van der Waals surface area contributed by atoms with Crippen LogP contribution in [-0.4, -0.2) is 44.1 Å². The van der Waals surface area contributed by atoms with Crippen molar-refractivity contribution in [3.63, 3.8) is 0 Å². The molecule has 5 nitrogen and oxygen atoms in total. The van der Waals surface area contributed by atoms with Gasteiger partial charge in [-0.3, -0.25) is 0 Å². The molecule has 1 atom stereocenters. The van der Waals surface area contributed by atoms with E-state index in [1.54, 1.807) is 25.3 Å². The van der Waals surface area contributed by atoms with E-state index in [9.17, 15) is 13.5 Å². The third kappa shape index (κ3) is 4.03. The molecule has 0 fully saturated rings. The first kappa shape index (κ1) is 18.1. The fourth-order valence-electron chi connectivity index (χ4n) is 2.40. The maximum atomic E-state index is 12.9. The lowest BCUT2D eigenvalue weighted by molar-refractivity contribution is 0.142. The Balaban J connectivity index is 3.33. The molecule has 21 heavy (non-hydrogen) atoms. The number of aliphatic hydroxyl groups excluding tert-OH is 1. The summed E-state index contributed by atoms with van der Waals surface area (Å²) in [5, 5.41) is 9.25. The van der Waals surface area contributed by atoms with Crippen LogP contribution < -0.4 is 0 Å². The summed E-state index contributed by atoms with van der Waals surface area (Å²) in [6.07, 6.45) is 0.622. The number of methoxy groups -OCH3 is 1. The van der Waals surface area contributed by atoms with Crippen LogP contribution in [0.2, 0.25) is 0 Å². The molecule has 0 saturated carbocycles. The number of hydrogen-bond acceptors (Lipinski definition) is 4. The van der Waals surface area contributed by atoms with Crippen molar-refractivity contribution in [2.24, 2.45) is 0 Å². The summed E-state index contributed by atoms with van der Waals surface area (Å²) < 4.78 is 32.3. The second kappa shape index (κ2) is 7.89. The summed E-state index contributed by atoms with van der Waals surface area (Å²) in [5.74, 6) is 0. The van der Waals surface area contributed by atoms with Crippen LogP contribution in [0.15, 0.2) is 23.1 Å². The average molecular weight is 315 g/mol. The fourth-order valence-corrected chi connectivity index (χ4v) is 4.37. The van der Waals surface area contributed by atoms with Crippen LogP contribution in [0.3, 0.4) is 0 Å². The van der Waals surface area contributed by atoms with Gasteiger partial charge in [-0.05, 0) is 30.5 Å². The first-order chi connectivity index (χ1) is 9.92. The van der Waals surface area contributed by atoms with Gasteiger partial charge >= 0.3 is 0 Å². The quantitative estimate of drug-likeness (QED) is 0.794. The number of aryl methyl sites for hydroxylation is 1. The molecule has 120 valence electrons. The molecule has 0 aliphatic rings. The zero-order valence-corrected chi connectivity index (χ0v) is 14.0. The summed E-state index contributed by atoms with van der Waals surface area (Å²) in [4.78, 5) is 0.279. The first-order valence-electron chi connectivity index (χ1n) is 7.15. The van der Waals surface area contributed by atoms with Crippen LogP contribution >= 0.6 is 0 Å². The molecular weight excluding hydrogens is 290 g/mol. The zero-order valence-electron chi connectivity index (χ0n) is 13.2. The summed E-state index contributed by atoms with van der Waals surface area (Å²) in [5.41, 5.74) is 1.36. The van der Waals surface area contributed by atoms with Crippen LogP contribution in [0, 0.1) is 0 Å². The zero-order chi connectivity index (χ0) is 16.0. The Hall–Kier alpha value is -0.950. The molecule has 0 aliphatic heterocycles. The van der Waals surface area contributed by atoms with E-state index in [2.05, 4.69) is 0 Å². The molecular formula is C15H25NO4S. The van der Waals surface area contributed by atoms with Gasteiger partial charge < -0.3 is 9.84 Å². The van der Waals surface area contributed by atoms with Gasteiger partial charge in [0.15, 0.2) is 0 Å². The van der Waals surface area contributed by atoms with E-state index in [1.807, 2.05) is 20.8 Å². The van der Waals surface area contributed by atoms with E-state index < -0.39 is 10.0 Å². The number of sulfonamides is 1. The molecule has 0 amide bonds. The van der Waals surface area contributed by atoms with Crippen molar-refractivity contribution in [1.29, 1.82) is 0 Å². The minimum atomic E-state index is -3.61. The van der Waals surface area contributed by atoms with Crippen LogP contribution in [0.4, 0.5) is 0 Å². The highest BCUT2D eigenvalue weighted by molar-refractivity contribution is 7.89. The number of nitrogens with zero attached hydrogens (tertiary/aromatic N) is 1. The Kier molecular flexibility index (Phi) is 6.80. The van der Waals surface area contributed by atoms with Crippen molar-refractivity contribution in [2.75, 3.05) is 20.3 Å². The summed E-state index contributed by atoms with van der Waals surface area (Å²) in [6, 6.07) is 4.85. The lowest BCUT2D eigenvalue weighted by Crippen LogP contribution is -2.41. The second-order valence-corrected chi connectivity index (χ2v) is 6.83. The third-order valence-electron chi connectivity index (χ3n) is 3.49. The van der Waals surface area contributed by atoms with E-state index in [-0.39, 0.29) is 17.5 Å². The van der Waals surface area contributed by atoms with Crippen LogP contribution in [-0.2, 0) is 27.8 Å². The molecule has 1 aromatic carbocycles. The number of aliphatic hydroxyl groups is 1. The molecule has 6 heteroatoms. The predicted octanol–water partition coefficient (Wildman–Crippen LogP) is 1.79. The van der Waals surface area contributed by atoms with Crippen LogP contribution in [0.5, 0.6) is 0 Å². The Morgan fingerprint density at radius 1 is 1.33 bits per heavy atom. The molecule has 0 aromatic heterocycles. The SMILES string of the molecule is CCc1ccc(CO)cc1S(=O)(=O)N(CC)C(C)COC. The average Bonchev–Trinajstić information content (AvgIpc) is 2.47. The van der Waals surface area contributed by atoms with Crippen molar-refractivity contribution in [1.82, 2.24) is 4.31 Å². The molecule has 1 aromatic rings. The van der Waals surface area contributed by atoms with Gasteiger partial charge in [0.25, 0.3) is 0 Å². The summed E-state index contributed by atoms with van der Waals surface area (Å²) in [6.45, 7) is 6.10. The van der Waals surface area contributed by atoms with E-state index in [0.717, 1.165) is 5.56 Å². The van der Waals surface area contributed by atoms with Crippen molar-refractivity contribution >= 4 is 10.0 Å². The van der Waals surface area contributed by atoms with Crippen LogP contribution in [0.1, 0.15) is 31.9 Å². The molecule has 0 saturated heterocycles. The van der Waals surface area contributed by atoms with Gasteiger partial charge in [0.1, 0.15) is 0 Å². The molecule has 0 aliphatic carbocycles. The van der Waals surface area contributed by atoms with E-state index >= 15 is 0 Å². The largest absolute Gasteiger partial charge is 0.392 e. The molecule has 0 heterocycles. The summed E-state index contributed by atoms with van der Waals surface area (Å²) >= 11 is 0. The molecule has 0 bridgehead atoms. The lowest BCUT2D eigenvalue weighted by atomic mass is 10.1. The van der Waals surface area contributed by atoms with Gasteiger partial charge in [-0.25, -0.2) is 8.42 Å². The highest BCUT2D eigenvalue weighted by atomic mass is 32.2. The van der Waals surface area contributed by atoms with Gasteiger partial charge in [0.2, 0.25) is 10.0 Å². The Morgan fingerprint density at radius 3 is 2.48 bits per heavy atom. The Morgan fingerprint density at radius 2 is 2.00 bits per heavy atom. The Bertz CT molecular complexity index is 557. The Labute approximate surface area is 127 Å². The van der Waals surface area contributed by atoms with Crippen LogP contribution in [0.25, 0.3) is 0 Å².